The summed E-state index contributed by atoms with van der Waals surface area (Å²) in [5, 5.41) is 4.00. The number of nitrogens with one attached hydrogen (secondary N) is 1. The monoisotopic (exact) mass is 320 g/mol. The van der Waals surface area contributed by atoms with E-state index in [4.69, 9.17) is 23.2 Å². The topological polar surface area (TPSA) is 15.3 Å². The maximum atomic E-state index is 13.5. The molecule has 0 fully saturated rings. The van der Waals surface area contributed by atoms with Crippen molar-refractivity contribution in [3.8, 4) is 0 Å². The number of benzene rings is 1. The maximum absolute atomic E-state index is 13.5. The molecule has 0 saturated heterocycles. The molecule has 0 aliphatic carbocycles. The number of rotatable bonds is 7. The second kappa shape index (κ2) is 8.18. The largest absolute Gasteiger partial charge is 0.306 e. The molecule has 0 radical (unpaired) electrons. The summed E-state index contributed by atoms with van der Waals surface area (Å²) in [6.07, 6.45) is 0. The molecule has 0 aliphatic heterocycles. The minimum atomic E-state index is -0.434. The first-order valence-corrected chi connectivity index (χ1v) is 7.77. The van der Waals surface area contributed by atoms with Gasteiger partial charge in [0.25, 0.3) is 0 Å². The molecule has 2 atom stereocenters. The zero-order chi connectivity index (χ0) is 15.3. The van der Waals surface area contributed by atoms with Crippen molar-refractivity contribution in [2.45, 2.75) is 39.8 Å². The van der Waals surface area contributed by atoms with Crippen LogP contribution in [0.1, 0.15) is 39.3 Å². The van der Waals surface area contributed by atoms with Crippen molar-refractivity contribution in [3.05, 3.63) is 33.6 Å². The Morgan fingerprint density at radius 1 is 1.15 bits per heavy atom. The van der Waals surface area contributed by atoms with Gasteiger partial charge in [0.2, 0.25) is 0 Å². The second-order valence-corrected chi connectivity index (χ2v) is 5.88. The summed E-state index contributed by atoms with van der Waals surface area (Å²) >= 11 is 11.9. The van der Waals surface area contributed by atoms with Crippen LogP contribution >= 0.6 is 23.2 Å². The van der Waals surface area contributed by atoms with Crippen molar-refractivity contribution >= 4 is 23.2 Å². The molecule has 1 rings (SSSR count). The van der Waals surface area contributed by atoms with Crippen molar-refractivity contribution in [2.24, 2.45) is 0 Å². The summed E-state index contributed by atoms with van der Waals surface area (Å²) < 4.78 is 13.5. The molecule has 0 spiro atoms. The average Bonchev–Trinajstić information content (AvgIpc) is 2.39. The van der Waals surface area contributed by atoms with E-state index in [9.17, 15) is 4.39 Å². The van der Waals surface area contributed by atoms with Crippen LogP contribution in [0.2, 0.25) is 10.0 Å². The van der Waals surface area contributed by atoms with Crippen LogP contribution in [-0.4, -0.2) is 30.6 Å². The zero-order valence-corrected chi connectivity index (χ0v) is 14.0. The molecule has 1 N–H and O–H groups in total. The normalized spacial score (nSPS) is 14.6. The van der Waals surface area contributed by atoms with Crippen LogP contribution in [0.4, 0.5) is 4.39 Å². The predicted molar refractivity (Wildman–Crippen MR) is 85.2 cm³/mol. The van der Waals surface area contributed by atoms with Crippen LogP contribution in [0.3, 0.4) is 0 Å². The first-order valence-electron chi connectivity index (χ1n) is 7.01. The zero-order valence-electron chi connectivity index (χ0n) is 12.5. The van der Waals surface area contributed by atoms with Crippen LogP contribution in [0.5, 0.6) is 0 Å². The van der Waals surface area contributed by atoms with Crippen LogP contribution in [0.15, 0.2) is 12.1 Å². The molecule has 1 aromatic rings. The molecule has 0 aliphatic rings. The third-order valence-corrected chi connectivity index (χ3v) is 4.08. The van der Waals surface area contributed by atoms with E-state index >= 15 is 0 Å². The third kappa shape index (κ3) is 4.88. The van der Waals surface area contributed by atoms with Crippen LogP contribution in [0.25, 0.3) is 0 Å². The fourth-order valence-corrected chi connectivity index (χ4v) is 2.85. The van der Waals surface area contributed by atoms with Crippen LogP contribution in [-0.2, 0) is 0 Å². The van der Waals surface area contributed by atoms with E-state index in [2.05, 4.69) is 31.0 Å². The van der Waals surface area contributed by atoms with Gasteiger partial charge < -0.3 is 10.2 Å². The van der Waals surface area contributed by atoms with Crippen LogP contribution in [0, 0.1) is 5.82 Å². The summed E-state index contributed by atoms with van der Waals surface area (Å²) in [5.41, 5.74) is 0.736. The van der Waals surface area contributed by atoms with E-state index in [1.165, 1.54) is 12.1 Å². The molecule has 1 aromatic carbocycles. The van der Waals surface area contributed by atoms with Gasteiger partial charge in [0.05, 0.1) is 5.02 Å². The molecule has 114 valence electrons. The third-order valence-electron chi connectivity index (χ3n) is 3.47. The van der Waals surface area contributed by atoms with Crippen molar-refractivity contribution in [3.63, 3.8) is 0 Å². The lowest BCUT2D eigenvalue weighted by Gasteiger charge is -2.26. The number of nitrogens with zero attached hydrogens (tertiary/aromatic N) is 1. The van der Waals surface area contributed by atoms with Gasteiger partial charge in [-0.1, -0.05) is 37.0 Å². The molecule has 2 nitrogen and oxygen atoms in total. The Hall–Kier alpha value is -0.350. The van der Waals surface area contributed by atoms with Crippen molar-refractivity contribution < 1.29 is 4.39 Å². The Morgan fingerprint density at radius 2 is 1.75 bits per heavy atom. The fourth-order valence-electron chi connectivity index (χ4n) is 2.31. The second-order valence-electron chi connectivity index (χ2n) is 5.06. The van der Waals surface area contributed by atoms with E-state index in [0.717, 1.165) is 25.2 Å². The minimum absolute atomic E-state index is 0.0279. The molecule has 0 amide bonds. The molecule has 2 unspecified atom stereocenters. The van der Waals surface area contributed by atoms with E-state index in [-0.39, 0.29) is 11.1 Å². The Balaban J connectivity index is 2.71. The van der Waals surface area contributed by atoms with Gasteiger partial charge >= 0.3 is 0 Å². The molecular weight excluding hydrogens is 298 g/mol. The van der Waals surface area contributed by atoms with Crippen molar-refractivity contribution in [1.29, 1.82) is 0 Å². The van der Waals surface area contributed by atoms with Gasteiger partial charge in [0.15, 0.2) is 0 Å². The van der Waals surface area contributed by atoms with E-state index in [0.29, 0.717) is 11.1 Å². The fraction of sp³-hybridized carbons (Fsp3) is 0.600. The lowest BCUT2D eigenvalue weighted by atomic mass is 10.1. The Labute approximate surface area is 131 Å². The summed E-state index contributed by atoms with van der Waals surface area (Å²) in [6, 6.07) is 3.13. The molecular formula is C15H23Cl2FN2. The summed E-state index contributed by atoms with van der Waals surface area (Å²) in [4.78, 5) is 2.34. The maximum Gasteiger partial charge on any atom is 0.142 e. The first kappa shape index (κ1) is 17.7. The van der Waals surface area contributed by atoms with Gasteiger partial charge in [-0.25, -0.2) is 4.39 Å². The molecule has 5 heteroatoms. The van der Waals surface area contributed by atoms with Crippen molar-refractivity contribution in [1.82, 2.24) is 10.2 Å². The lowest BCUT2D eigenvalue weighted by Crippen LogP contribution is -2.40. The average molecular weight is 321 g/mol. The standard InChI is InChI=1S/C15H23Cl2FN2/c1-5-20(6-2)9-10(3)19-11(4)12-7-15(18)14(17)8-13(12)16/h7-8,10-11,19H,5-6,9H2,1-4H3. The first-order chi connectivity index (χ1) is 9.38. The summed E-state index contributed by atoms with van der Waals surface area (Å²) in [7, 11) is 0. The number of hydrogen-bond donors (Lipinski definition) is 1. The van der Waals surface area contributed by atoms with E-state index < -0.39 is 5.82 Å². The van der Waals surface area contributed by atoms with Crippen LogP contribution < -0.4 is 5.32 Å². The number of halogens is 3. The number of hydrogen-bond acceptors (Lipinski definition) is 2. The molecule has 0 aromatic heterocycles. The van der Waals surface area contributed by atoms with E-state index in [1.54, 1.807) is 0 Å². The van der Waals surface area contributed by atoms with Gasteiger partial charge in [-0.15, -0.1) is 0 Å². The minimum Gasteiger partial charge on any atom is -0.306 e. The van der Waals surface area contributed by atoms with Crippen molar-refractivity contribution in [2.75, 3.05) is 19.6 Å². The number of likely N-dealkylation sites (N-methyl/N-ethyl adjacent to an activating group) is 1. The van der Waals surface area contributed by atoms with Gasteiger partial charge in [-0.2, -0.15) is 0 Å². The highest BCUT2D eigenvalue weighted by Gasteiger charge is 2.16. The lowest BCUT2D eigenvalue weighted by molar-refractivity contribution is 0.264. The molecule has 0 bridgehead atoms. The Kier molecular flexibility index (Phi) is 7.24. The highest BCUT2D eigenvalue weighted by molar-refractivity contribution is 6.35. The highest BCUT2D eigenvalue weighted by atomic mass is 35.5. The summed E-state index contributed by atoms with van der Waals surface area (Å²) in [6.45, 7) is 11.4. The molecule has 0 saturated carbocycles. The molecule has 20 heavy (non-hydrogen) atoms. The quantitative estimate of drug-likeness (QED) is 0.743. The Bertz CT molecular complexity index is 436. The summed E-state index contributed by atoms with van der Waals surface area (Å²) in [5.74, 6) is -0.434. The smallest absolute Gasteiger partial charge is 0.142 e. The van der Waals surface area contributed by atoms with Gasteiger partial charge in [0.1, 0.15) is 5.82 Å². The van der Waals surface area contributed by atoms with Gasteiger partial charge in [-0.3, -0.25) is 0 Å². The van der Waals surface area contributed by atoms with Gasteiger partial charge in [0, 0.05) is 23.7 Å². The Morgan fingerprint density at radius 3 is 2.30 bits per heavy atom. The van der Waals surface area contributed by atoms with Gasteiger partial charge in [-0.05, 0) is 44.6 Å². The predicted octanol–water partition coefficient (Wildman–Crippen LogP) is 4.51. The van der Waals surface area contributed by atoms with E-state index in [1.807, 2.05) is 6.92 Å². The SMILES string of the molecule is CCN(CC)CC(C)NC(C)c1cc(F)c(Cl)cc1Cl. The highest BCUT2D eigenvalue weighted by Crippen LogP contribution is 2.28. The molecule has 0 heterocycles.